The molecule has 28 heavy (non-hydrogen) atoms. The fourth-order valence-corrected chi connectivity index (χ4v) is 3.27. The average Bonchev–Trinajstić information content (AvgIpc) is 3.03. The predicted molar refractivity (Wildman–Crippen MR) is 94.7 cm³/mol. The van der Waals surface area contributed by atoms with E-state index in [9.17, 15) is 22.8 Å². The first-order valence-electron chi connectivity index (χ1n) is 8.86. The van der Waals surface area contributed by atoms with E-state index in [-0.39, 0.29) is 24.8 Å². The SMILES string of the molecule is Cc1cccc(NC(=O)C2CCCN(C(=O)c3cc(C)oc3C(F)(F)F)C2)n1. The third-order valence-electron chi connectivity index (χ3n) is 4.56. The van der Waals surface area contributed by atoms with Crippen LogP contribution in [0.4, 0.5) is 19.0 Å². The molecule has 0 bridgehead atoms. The minimum absolute atomic E-state index is 0.00694. The lowest BCUT2D eigenvalue weighted by Gasteiger charge is -2.32. The first-order chi connectivity index (χ1) is 13.1. The van der Waals surface area contributed by atoms with Gasteiger partial charge in [-0.15, -0.1) is 0 Å². The van der Waals surface area contributed by atoms with E-state index in [0.29, 0.717) is 18.7 Å². The number of anilines is 1. The maximum absolute atomic E-state index is 13.1. The van der Waals surface area contributed by atoms with Gasteiger partial charge in [0.25, 0.3) is 5.91 Å². The molecular weight excluding hydrogens is 375 g/mol. The Morgan fingerprint density at radius 2 is 2.04 bits per heavy atom. The number of hydrogen-bond donors (Lipinski definition) is 1. The van der Waals surface area contributed by atoms with Crippen LogP contribution in [0.1, 0.15) is 40.4 Å². The molecule has 0 radical (unpaired) electrons. The van der Waals surface area contributed by atoms with Crippen molar-refractivity contribution in [2.24, 2.45) is 5.92 Å². The number of piperidine rings is 1. The van der Waals surface area contributed by atoms with Crippen LogP contribution in [0.3, 0.4) is 0 Å². The van der Waals surface area contributed by atoms with Crippen molar-refractivity contribution in [3.63, 3.8) is 0 Å². The Balaban J connectivity index is 1.73. The van der Waals surface area contributed by atoms with Crippen LogP contribution in [-0.4, -0.2) is 34.8 Å². The van der Waals surface area contributed by atoms with Gasteiger partial charge in [-0.25, -0.2) is 4.98 Å². The van der Waals surface area contributed by atoms with Gasteiger partial charge in [0, 0.05) is 18.8 Å². The Kier molecular flexibility index (Phi) is 5.44. The zero-order valence-corrected chi connectivity index (χ0v) is 15.5. The first kappa shape index (κ1) is 19.9. The van der Waals surface area contributed by atoms with Crippen LogP contribution in [0.15, 0.2) is 28.7 Å². The van der Waals surface area contributed by atoms with Gasteiger partial charge in [-0.2, -0.15) is 13.2 Å². The summed E-state index contributed by atoms with van der Waals surface area (Å²) in [5, 5.41) is 2.70. The molecule has 2 aromatic heterocycles. The molecule has 0 saturated carbocycles. The number of likely N-dealkylation sites (tertiary alicyclic amines) is 1. The lowest BCUT2D eigenvalue weighted by atomic mass is 9.96. The summed E-state index contributed by atoms with van der Waals surface area (Å²) in [7, 11) is 0. The minimum atomic E-state index is -4.76. The monoisotopic (exact) mass is 395 g/mol. The molecule has 9 heteroatoms. The summed E-state index contributed by atoms with van der Waals surface area (Å²) < 4.78 is 44.1. The molecule has 1 unspecified atom stereocenters. The summed E-state index contributed by atoms with van der Waals surface area (Å²) in [6, 6.07) is 6.29. The van der Waals surface area contributed by atoms with Crippen LogP contribution in [0.5, 0.6) is 0 Å². The number of aryl methyl sites for hydroxylation is 2. The van der Waals surface area contributed by atoms with E-state index in [4.69, 9.17) is 4.42 Å². The third-order valence-corrected chi connectivity index (χ3v) is 4.56. The molecule has 0 aromatic carbocycles. The number of halogens is 3. The van der Waals surface area contributed by atoms with Gasteiger partial charge >= 0.3 is 6.18 Å². The summed E-state index contributed by atoms with van der Waals surface area (Å²) in [6.45, 7) is 3.47. The largest absolute Gasteiger partial charge is 0.456 e. The van der Waals surface area contributed by atoms with Gasteiger partial charge in [0.15, 0.2) is 0 Å². The highest BCUT2D eigenvalue weighted by molar-refractivity contribution is 5.97. The van der Waals surface area contributed by atoms with Crippen LogP contribution in [0, 0.1) is 19.8 Å². The van der Waals surface area contributed by atoms with Gasteiger partial charge in [0.05, 0.1) is 11.5 Å². The Labute approximate surface area is 159 Å². The predicted octanol–water partition coefficient (Wildman–Crippen LogP) is 3.80. The Morgan fingerprint density at radius 1 is 1.29 bits per heavy atom. The van der Waals surface area contributed by atoms with Crippen molar-refractivity contribution < 1.29 is 27.2 Å². The Hall–Kier alpha value is -2.84. The molecule has 2 aromatic rings. The molecule has 1 aliphatic heterocycles. The van der Waals surface area contributed by atoms with Crippen LogP contribution < -0.4 is 5.32 Å². The van der Waals surface area contributed by atoms with Crippen molar-refractivity contribution in [1.82, 2.24) is 9.88 Å². The van der Waals surface area contributed by atoms with E-state index in [1.165, 1.54) is 11.8 Å². The number of rotatable bonds is 3. The summed E-state index contributed by atoms with van der Waals surface area (Å²) >= 11 is 0. The van der Waals surface area contributed by atoms with Crippen LogP contribution in [0.2, 0.25) is 0 Å². The standard InChI is InChI=1S/C19H20F3N3O3/c1-11-5-3-7-15(23-11)24-17(26)13-6-4-8-25(10-13)18(27)14-9-12(2)28-16(14)19(20,21)22/h3,5,7,9,13H,4,6,8,10H2,1-2H3,(H,23,24,26). The highest BCUT2D eigenvalue weighted by Crippen LogP contribution is 2.35. The van der Waals surface area contributed by atoms with Crippen LogP contribution in [-0.2, 0) is 11.0 Å². The lowest BCUT2D eigenvalue weighted by Crippen LogP contribution is -2.44. The van der Waals surface area contributed by atoms with Gasteiger partial charge in [0.1, 0.15) is 11.6 Å². The van der Waals surface area contributed by atoms with Crippen molar-refractivity contribution in [3.8, 4) is 0 Å². The third kappa shape index (κ3) is 4.35. The normalized spacial score (nSPS) is 17.5. The number of carbonyl (C=O) groups is 2. The van der Waals surface area contributed by atoms with Gasteiger partial charge in [-0.1, -0.05) is 6.07 Å². The average molecular weight is 395 g/mol. The van der Waals surface area contributed by atoms with E-state index in [1.807, 2.05) is 0 Å². The number of alkyl halides is 3. The van der Waals surface area contributed by atoms with Gasteiger partial charge < -0.3 is 14.6 Å². The first-order valence-corrected chi connectivity index (χ1v) is 8.86. The molecule has 1 saturated heterocycles. The topological polar surface area (TPSA) is 75.4 Å². The van der Waals surface area contributed by atoms with E-state index in [0.717, 1.165) is 11.8 Å². The van der Waals surface area contributed by atoms with Crippen molar-refractivity contribution >= 4 is 17.6 Å². The maximum atomic E-state index is 13.1. The lowest BCUT2D eigenvalue weighted by molar-refractivity contribution is -0.153. The number of nitrogens with zero attached hydrogens (tertiary/aromatic N) is 2. The van der Waals surface area contributed by atoms with Gasteiger partial charge in [-0.3, -0.25) is 9.59 Å². The minimum Gasteiger partial charge on any atom is -0.456 e. The molecule has 150 valence electrons. The fraction of sp³-hybridized carbons (Fsp3) is 0.421. The highest BCUT2D eigenvalue weighted by Gasteiger charge is 2.41. The second-order valence-electron chi connectivity index (χ2n) is 6.84. The number of furan rings is 1. The van der Waals surface area contributed by atoms with Crippen molar-refractivity contribution in [1.29, 1.82) is 0 Å². The molecule has 0 aliphatic carbocycles. The molecular formula is C19H20F3N3O3. The van der Waals surface area contributed by atoms with Crippen molar-refractivity contribution in [2.45, 2.75) is 32.9 Å². The summed E-state index contributed by atoms with van der Waals surface area (Å²) in [5.74, 6) is -2.51. The van der Waals surface area contributed by atoms with E-state index < -0.39 is 29.3 Å². The van der Waals surface area contributed by atoms with E-state index >= 15 is 0 Å². The molecule has 2 amide bonds. The quantitative estimate of drug-likeness (QED) is 0.858. The smallest absolute Gasteiger partial charge is 0.450 e. The zero-order valence-electron chi connectivity index (χ0n) is 15.5. The summed E-state index contributed by atoms with van der Waals surface area (Å²) in [6.07, 6.45) is -3.70. The highest BCUT2D eigenvalue weighted by atomic mass is 19.4. The number of carbonyl (C=O) groups excluding carboxylic acids is 2. The molecule has 1 fully saturated rings. The van der Waals surface area contributed by atoms with E-state index in [1.54, 1.807) is 25.1 Å². The van der Waals surface area contributed by atoms with Crippen molar-refractivity contribution in [3.05, 3.63) is 47.0 Å². The number of pyridine rings is 1. The molecule has 3 rings (SSSR count). The van der Waals surface area contributed by atoms with Gasteiger partial charge in [0.2, 0.25) is 11.7 Å². The van der Waals surface area contributed by atoms with Gasteiger partial charge in [-0.05, 0) is 44.9 Å². The number of nitrogens with one attached hydrogen (secondary N) is 1. The second-order valence-corrected chi connectivity index (χ2v) is 6.84. The van der Waals surface area contributed by atoms with Crippen LogP contribution >= 0.6 is 0 Å². The molecule has 1 N–H and O–H groups in total. The Morgan fingerprint density at radius 3 is 2.71 bits per heavy atom. The number of aromatic nitrogens is 1. The Bertz CT molecular complexity index is 892. The zero-order chi connectivity index (χ0) is 20.5. The fourth-order valence-electron chi connectivity index (χ4n) is 3.27. The van der Waals surface area contributed by atoms with Crippen molar-refractivity contribution in [2.75, 3.05) is 18.4 Å². The molecule has 6 nitrogen and oxygen atoms in total. The second kappa shape index (κ2) is 7.65. The summed E-state index contributed by atoms with van der Waals surface area (Å²) in [4.78, 5) is 30.7. The number of hydrogen-bond acceptors (Lipinski definition) is 4. The van der Waals surface area contributed by atoms with E-state index in [2.05, 4.69) is 10.3 Å². The molecule has 3 heterocycles. The maximum Gasteiger partial charge on any atom is 0.450 e. The van der Waals surface area contributed by atoms with Crippen LogP contribution in [0.25, 0.3) is 0 Å². The summed E-state index contributed by atoms with van der Waals surface area (Å²) in [5.41, 5.74) is 0.222. The molecule has 1 aliphatic rings. The molecule has 0 spiro atoms. The number of amides is 2. The molecule has 1 atom stereocenters.